The first kappa shape index (κ1) is 16.3. The van der Waals surface area contributed by atoms with Gasteiger partial charge in [0.2, 0.25) is 0 Å². The van der Waals surface area contributed by atoms with E-state index in [1.165, 1.54) is 12.4 Å². The normalized spacial score (nSPS) is 17.2. The van der Waals surface area contributed by atoms with E-state index in [4.69, 9.17) is 4.52 Å². The first-order chi connectivity index (χ1) is 12.8. The molecule has 26 heavy (non-hydrogen) atoms. The molecule has 0 N–H and O–H groups in total. The van der Waals surface area contributed by atoms with Crippen LogP contribution in [0.4, 0.5) is 0 Å². The lowest BCUT2D eigenvalue weighted by atomic mass is 9.94. The molecule has 0 saturated carbocycles. The number of carbonyl (C=O) groups is 1. The van der Waals surface area contributed by atoms with Crippen LogP contribution in [0.2, 0.25) is 0 Å². The van der Waals surface area contributed by atoms with Crippen molar-refractivity contribution in [2.75, 3.05) is 13.1 Å². The van der Waals surface area contributed by atoms with Crippen LogP contribution >= 0.6 is 0 Å². The van der Waals surface area contributed by atoms with E-state index in [0.29, 0.717) is 42.0 Å². The average molecular weight is 350 g/mol. The molecule has 1 aliphatic rings. The van der Waals surface area contributed by atoms with E-state index in [9.17, 15) is 4.79 Å². The summed E-state index contributed by atoms with van der Waals surface area (Å²) in [5.41, 5.74) is 1.04. The van der Waals surface area contributed by atoms with Gasteiger partial charge in [0.05, 0.1) is 6.20 Å². The second-order valence-electron chi connectivity index (χ2n) is 6.28. The lowest BCUT2D eigenvalue weighted by molar-refractivity contribution is 0.0665. The van der Waals surface area contributed by atoms with E-state index >= 15 is 0 Å². The molecule has 1 saturated heterocycles. The fourth-order valence-electron chi connectivity index (χ4n) is 3.18. The van der Waals surface area contributed by atoms with E-state index < -0.39 is 0 Å². The Labute approximate surface area is 150 Å². The first-order valence-corrected chi connectivity index (χ1v) is 8.59. The van der Waals surface area contributed by atoms with Gasteiger partial charge in [0.15, 0.2) is 5.82 Å². The van der Waals surface area contributed by atoms with Crippen molar-refractivity contribution in [3.05, 3.63) is 54.5 Å². The highest BCUT2D eigenvalue weighted by Crippen LogP contribution is 2.22. The van der Waals surface area contributed by atoms with Crippen molar-refractivity contribution in [1.29, 1.82) is 0 Å². The van der Waals surface area contributed by atoms with Crippen LogP contribution in [0, 0.1) is 5.92 Å². The molecule has 1 unspecified atom stereocenters. The van der Waals surface area contributed by atoms with Crippen LogP contribution in [-0.4, -0.2) is 49.0 Å². The van der Waals surface area contributed by atoms with Crippen molar-refractivity contribution in [3.8, 4) is 11.6 Å². The van der Waals surface area contributed by atoms with Crippen molar-refractivity contribution in [2.45, 2.75) is 19.3 Å². The van der Waals surface area contributed by atoms with Gasteiger partial charge in [0.25, 0.3) is 11.8 Å². The summed E-state index contributed by atoms with van der Waals surface area (Å²) in [4.78, 5) is 31.1. The second kappa shape index (κ2) is 7.38. The molecule has 1 amide bonds. The molecule has 1 aliphatic heterocycles. The van der Waals surface area contributed by atoms with Gasteiger partial charge in [0.1, 0.15) is 11.4 Å². The third-order valence-corrected chi connectivity index (χ3v) is 4.41. The number of amides is 1. The molecule has 0 bridgehead atoms. The fraction of sp³-hybridized carbons (Fsp3) is 0.333. The Morgan fingerprint density at radius 3 is 3.00 bits per heavy atom. The maximum Gasteiger partial charge on any atom is 0.276 e. The maximum atomic E-state index is 12.6. The number of rotatable bonds is 4. The summed E-state index contributed by atoms with van der Waals surface area (Å²) in [5, 5.41) is 4.06. The average Bonchev–Trinajstić information content (AvgIpc) is 3.17. The van der Waals surface area contributed by atoms with Crippen molar-refractivity contribution in [1.82, 2.24) is 30.0 Å². The molecular formula is C18H18N6O2. The molecule has 4 rings (SSSR count). The maximum absolute atomic E-state index is 12.6. The Morgan fingerprint density at radius 2 is 2.19 bits per heavy atom. The van der Waals surface area contributed by atoms with Crippen molar-refractivity contribution < 1.29 is 9.32 Å². The van der Waals surface area contributed by atoms with E-state index in [1.807, 2.05) is 23.1 Å². The van der Waals surface area contributed by atoms with Gasteiger partial charge < -0.3 is 9.42 Å². The van der Waals surface area contributed by atoms with Crippen LogP contribution in [0.1, 0.15) is 29.2 Å². The highest BCUT2D eigenvalue weighted by atomic mass is 16.5. The fourth-order valence-corrected chi connectivity index (χ4v) is 3.18. The van der Waals surface area contributed by atoms with E-state index in [-0.39, 0.29) is 5.91 Å². The smallest absolute Gasteiger partial charge is 0.276 e. The van der Waals surface area contributed by atoms with Crippen molar-refractivity contribution in [3.63, 3.8) is 0 Å². The number of likely N-dealkylation sites (tertiary alicyclic amines) is 1. The SMILES string of the molecule is O=C(c1cnccn1)N1CCCC(Cc2noc(-c3ccccn3)n2)C1. The molecule has 0 spiro atoms. The van der Waals surface area contributed by atoms with Gasteiger partial charge in [0, 0.05) is 38.1 Å². The Morgan fingerprint density at radius 1 is 1.23 bits per heavy atom. The number of pyridine rings is 1. The zero-order valence-electron chi connectivity index (χ0n) is 14.2. The van der Waals surface area contributed by atoms with Crippen LogP contribution in [0.3, 0.4) is 0 Å². The van der Waals surface area contributed by atoms with Crippen LogP contribution in [-0.2, 0) is 6.42 Å². The third-order valence-electron chi connectivity index (χ3n) is 4.41. The Balaban J connectivity index is 1.41. The van der Waals surface area contributed by atoms with E-state index in [1.54, 1.807) is 12.4 Å². The molecule has 0 radical (unpaired) electrons. The summed E-state index contributed by atoms with van der Waals surface area (Å²) >= 11 is 0. The lowest BCUT2D eigenvalue weighted by Crippen LogP contribution is -2.41. The predicted octanol–water partition coefficient (Wildman–Crippen LogP) is 2.02. The number of nitrogens with zero attached hydrogens (tertiary/aromatic N) is 6. The number of piperidine rings is 1. The molecule has 3 aromatic heterocycles. The standard InChI is InChI=1S/C18H18N6O2/c25-18(15-11-19-7-8-21-15)24-9-3-4-13(12-24)10-16-22-17(26-23-16)14-5-1-2-6-20-14/h1-2,5-8,11,13H,3-4,9-10,12H2. The summed E-state index contributed by atoms with van der Waals surface area (Å²) in [7, 11) is 0. The Kier molecular flexibility index (Phi) is 4.63. The quantitative estimate of drug-likeness (QED) is 0.710. The van der Waals surface area contributed by atoms with Crippen LogP contribution in [0.25, 0.3) is 11.6 Å². The molecule has 132 valence electrons. The van der Waals surface area contributed by atoms with E-state index in [0.717, 1.165) is 19.4 Å². The summed E-state index contributed by atoms with van der Waals surface area (Å²) in [5.74, 6) is 1.27. The van der Waals surface area contributed by atoms with E-state index in [2.05, 4.69) is 25.1 Å². The molecule has 0 aromatic carbocycles. The van der Waals surface area contributed by atoms with Gasteiger partial charge in [-0.05, 0) is 30.9 Å². The molecule has 8 heteroatoms. The minimum absolute atomic E-state index is 0.0786. The number of hydrogen-bond donors (Lipinski definition) is 0. The van der Waals surface area contributed by atoms with Gasteiger partial charge >= 0.3 is 0 Å². The molecular weight excluding hydrogens is 332 g/mol. The van der Waals surface area contributed by atoms with Crippen LogP contribution < -0.4 is 0 Å². The van der Waals surface area contributed by atoms with Crippen molar-refractivity contribution in [2.24, 2.45) is 5.92 Å². The molecule has 1 atom stereocenters. The summed E-state index contributed by atoms with van der Waals surface area (Å²) in [6, 6.07) is 5.55. The highest BCUT2D eigenvalue weighted by molar-refractivity contribution is 5.92. The lowest BCUT2D eigenvalue weighted by Gasteiger charge is -2.32. The Hall–Kier alpha value is -3.16. The first-order valence-electron chi connectivity index (χ1n) is 8.59. The molecule has 4 heterocycles. The van der Waals surface area contributed by atoms with Gasteiger partial charge in [-0.15, -0.1) is 0 Å². The summed E-state index contributed by atoms with van der Waals surface area (Å²) in [6.07, 6.45) is 8.93. The molecule has 0 aliphatic carbocycles. The predicted molar refractivity (Wildman–Crippen MR) is 91.9 cm³/mol. The van der Waals surface area contributed by atoms with Gasteiger partial charge in [-0.1, -0.05) is 11.2 Å². The van der Waals surface area contributed by atoms with Crippen LogP contribution in [0.5, 0.6) is 0 Å². The molecule has 3 aromatic rings. The minimum atomic E-state index is -0.0786. The Bertz CT molecular complexity index is 868. The largest absolute Gasteiger partial charge is 0.337 e. The molecule has 1 fully saturated rings. The third kappa shape index (κ3) is 3.58. The topological polar surface area (TPSA) is 97.9 Å². The highest BCUT2D eigenvalue weighted by Gasteiger charge is 2.26. The number of carbonyl (C=O) groups excluding carboxylic acids is 1. The van der Waals surface area contributed by atoms with Gasteiger partial charge in [-0.25, -0.2) is 4.98 Å². The van der Waals surface area contributed by atoms with Gasteiger partial charge in [-0.2, -0.15) is 4.98 Å². The minimum Gasteiger partial charge on any atom is -0.337 e. The summed E-state index contributed by atoms with van der Waals surface area (Å²) in [6.45, 7) is 1.39. The zero-order valence-corrected chi connectivity index (χ0v) is 14.2. The summed E-state index contributed by atoms with van der Waals surface area (Å²) < 4.78 is 5.31. The monoisotopic (exact) mass is 350 g/mol. The number of hydrogen-bond acceptors (Lipinski definition) is 7. The van der Waals surface area contributed by atoms with Crippen LogP contribution in [0.15, 0.2) is 47.5 Å². The van der Waals surface area contributed by atoms with Gasteiger partial charge in [-0.3, -0.25) is 14.8 Å². The molecule has 8 nitrogen and oxygen atoms in total. The number of aromatic nitrogens is 5. The zero-order chi connectivity index (χ0) is 17.8. The van der Waals surface area contributed by atoms with Crippen molar-refractivity contribution >= 4 is 5.91 Å². The second-order valence-corrected chi connectivity index (χ2v) is 6.28.